The fourth-order valence-electron chi connectivity index (χ4n) is 5.41. The molecule has 1 aliphatic heterocycles. The molecule has 4 aliphatic carbocycles. The van der Waals surface area contributed by atoms with E-state index in [4.69, 9.17) is 9.47 Å². The van der Waals surface area contributed by atoms with Gasteiger partial charge in [-0.25, -0.2) is 0 Å². The third-order valence-electron chi connectivity index (χ3n) is 6.43. The molecule has 5 fully saturated rings. The first kappa shape index (κ1) is 15.7. The van der Waals surface area contributed by atoms with Crippen molar-refractivity contribution in [1.29, 1.82) is 0 Å². The van der Waals surface area contributed by atoms with Crippen molar-refractivity contribution in [3.05, 3.63) is 12.3 Å². The van der Waals surface area contributed by atoms with Gasteiger partial charge in [0.1, 0.15) is 13.2 Å². The predicted molar refractivity (Wildman–Crippen MR) is 72.3 cm³/mol. The van der Waals surface area contributed by atoms with Crippen LogP contribution in [-0.2, 0) is 9.47 Å². The molecule has 0 amide bonds. The van der Waals surface area contributed by atoms with Gasteiger partial charge in [-0.2, -0.15) is 17.6 Å². The minimum absolute atomic E-state index is 0.107. The molecule has 1 heterocycles. The van der Waals surface area contributed by atoms with Crippen molar-refractivity contribution in [2.45, 2.75) is 49.7 Å². The summed E-state index contributed by atoms with van der Waals surface area (Å²) in [6.07, 6.45) is 3.20. The fraction of sp³-hybridized carbons (Fsp3) is 0.875. The van der Waals surface area contributed by atoms with E-state index in [9.17, 15) is 22.7 Å². The Morgan fingerprint density at radius 1 is 0.913 bits per heavy atom. The van der Waals surface area contributed by atoms with Crippen molar-refractivity contribution < 1.29 is 32.1 Å². The second-order valence-electron chi connectivity index (χ2n) is 7.78. The molecule has 0 aromatic rings. The van der Waals surface area contributed by atoms with Crippen LogP contribution in [0, 0.1) is 23.2 Å². The summed E-state index contributed by atoms with van der Waals surface area (Å²) in [4.78, 5) is 0. The Bertz CT molecular complexity index is 511. The van der Waals surface area contributed by atoms with Gasteiger partial charge in [0.25, 0.3) is 0 Å². The maximum Gasteiger partial charge on any atom is 0.335 e. The van der Waals surface area contributed by atoms with Gasteiger partial charge in [-0.05, 0) is 38.0 Å². The van der Waals surface area contributed by atoms with E-state index in [1.807, 2.05) is 0 Å². The first-order chi connectivity index (χ1) is 10.6. The molecule has 3 nitrogen and oxygen atoms in total. The predicted octanol–water partition coefficient (Wildman–Crippen LogP) is 3.90. The molecule has 23 heavy (non-hydrogen) atoms. The normalized spacial score (nSPS) is 45.8. The Labute approximate surface area is 131 Å². The Morgan fingerprint density at radius 2 is 1.39 bits per heavy atom. The van der Waals surface area contributed by atoms with Crippen LogP contribution in [0.1, 0.15) is 32.1 Å². The molecule has 1 spiro atoms. The molecule has 0 radical (unpaired) electrons. The topological polar surface area (TPSA) is 38.7 Å². The van der Waals surface area contributed by atoms with Gasteiger partial charge in [0, 0.05) is 17.3 Å². The zero-order chi connectivity index (χ0) is 16.7. The van der Waals surface area contributed by atoms with Crippen LogP contribution in [0.25, 0.3) is 0 Å². The number of halogens is 4. The van der Waals surface area contributed by atoms with Crippen LogP contribution in [0.2, 0.25) is 0 Å². The van der Waals surface area contributed by atoms with Crippen molar-refractivity contribution in [2.75, 3.05) is 13.2 Å². The molecule has 4 bridgehead atoms. The van der Waals surface area contributed by atoms with Crippen LogP contribution in [0.5, 0.6) is 0 Å². The standard InChI is InChI=1S/C16H20F4O3/c1-9(21)13-4-10-2-11(5-13)16(12(3-10)6-13)22-7-14(17,18)15(19,20)8-23-16/h10-12,21H,1-8H2. The second kappa shape index (κ2) is 4.42. The number of ether oxygens (including phenoxy) is 2. The van der Waals surface area contributed by atoms with E-state index in [0.717, 1.165) is 6.42 Å². The van der Waals surface area contributed by atoms with Crippen LogP contribution in [0.3, 0.4) is 0 Å². The molecule has 2 unspecified atom stereocenters. The molecule has 0 aromatic carbocycles. The van der Waals surface area contributed by atoms with Crippen LogP contribution in [0.4, 0.5) is 17.6 Å². The first-order valence-electron chi connectivity index (χ1n) is 8.02. The lowest BCUT2D eigenvalue weighted by Crippen LogP contribution is -2.63. The van der Waals surface area contributed by atoms with Gasteiger partial charge < -0.3 is 14.6 Å². The Morgan fingerprint density at radius 3 is 1.83 bits per heavy atom. The van der Waals surface area contributed by atoms with Crippen LogP contribution >= 0.6 is 0 Å². The Kier molecular flexibility index (Phi) is 3.02. The lowest BCUT2D eigenvalue weighted by molar-refractivity contribution is -0.346. The molecule has 0 aromatic heterocycles. The van der Waals surface area contributed by atoms with Gasteiger partial charge in [-0.1, -0.05) is 6.58 Å². The molecule has 7 heteroatoms. The zero-order valence-corrected chi connectivity index (χ0v) is 12.7. The number of allylic oxidation sites excluding steroid dienone is 1. The molecule has 1 saturated heterocycles. The highest BCUT2D eigenvalue weighted by atomic mass is 19.3. The van der Waals surface area contributed by atoms with Crippen LogP contribution in [0.15, 0.2) is 12.3 Å². The maximum absolute atomic E-state index is 13.6. The highest BCUT2D eigenvalue weighted by Crippen LogP contribution is 2.67. The summed E-state index contributed by atoms with van der Waals surface area (Å²) >= 11 is 0. The summed E-state index contributed by atoms with van der Waals surface area (Å²) < 4.78 is 65.3. The van der Waals surface area contributed by atoms with E-state index < -0.39 is 36.3 Å². The number of hydrogen-bond donors (Lipinski definition) is 1. The maximum atomic E-state index is 13.6. The zero-order valence-electron chi connectivity index (χ0n) is 12.7. The largest absolute Gasteiger partial charge is 0.512 e. The molecule has 4 saturated carbocycles. The number of aliphatic hydroxyl groups is 1. The first-order valence-corrected chi connectivity index (χ1v) is 8.02. The highest BCUT2D eigenvalue weighted by Gasteiger charge is 2.69. The molecular formula is C16H20F4O3. The fourth-order valence-corrected chi connectivity index (χ4v) is 5.41. The van der Waals surface area contributed by atoms with E-state index >= 15 is 0 Å². The summed E-state index contributed by atoms with van der Waals surface area (Å²) in [5.74, 6) is -9.93. The van der Waals surface area contributed by atoms with Gasteiger partial charge >= 0.3 is 11.8 Å². The van der Waals surface area contributed by atoms with Gasteiger partial charge in [-0.15, -0.1) is 0 Å². The third kappa shape index (κ3) is 1.95. The highest BCUT2D eigenvalue weighted by molar-refractivity contribution is 5.17. The van der Waals surface area contributed by atoms with E-state index in [-0.39, 0.29) is 17.6 Å². The van der Waals surface area contributed by atoms with Gasteiger partial charge in [0.2, 0.25) is 0 Å². The average Bonchev–Trinajstić information content (AvgIpc) is 2.53. The van der Waals surface area contributed by atoms with E-state index in [1.54, 1.807) is 0 Å². The molecule has 130 valence electrons. The number of alkyl halides is 4. The van der Waals surface area contributed by atoms with Crippen LogP contribution < -0.4 is 0 Å². The van der Waals surface area contributed by atoms with Gasteiger partial charge in [-0.3, -0.25) is 0 Å². The monoisotopic (exact) mass is 336 g/mol. The molecule has 5 aliphatic rings. The average molecular weight is 336 g/mol. The molecular weight excluding hydrogens is 316 g/mol. The van der Waals surface area contributed by atoms with Crippen molar-refractivity contribution >= 4 is 0 Å². The van der Waals surface area contributed by atoms with E-state index in [1.165, 1.54) is 0 Å². The summed E-state index contributed by atoms with van der Waals surface area (Å²) in [5.41, 5.74) is -0.439. The summed E-state index contributed by atoms with van der Waals surface area (Å²) in [6, 6.07) is 0. The molecule has 1 N–H and O–H groups in total. The lowest BCUT2D eigenvalue weighted by Gasteiger charge is -2.63. The Balaban J connectivity index is 1.67. The van der Waals surface area contributed by atoms with Crippen molar-refractivity contribution in [3.63, 3.8) is 0 Å². The van der Waals surface area contributed by atoms with Gasteiger partial charge in [0.15, 0.2) is 5.79 Å². The van der Waals surface area contributed by atoms with Gasteiger partial charge in [0.05, 0.1) is 5.76 Å². The van der Waals surface area contributed by atoms with Crippen molar-refractivity contribution in [1.82, 2.24) is 0 Å². The van der Waals surface area contributed by atoms with E-state index in [2.05, 4.69) is 6.58 Å². The summed E-state index contributed by atoms with van der Waals surface area (Å²) in [5, 5.41) is 10.0. The SMILES string of the molecule is C=C(O)C12CC3CC(C1)C1(OCC(F)(F)C(F)(F)CO1)C(C3)C2. The number of hydrogen-bond acceptors (Lipinski definition) is 3. The summed E-state index contributed by atoms with van der Waals surface area (Å²) in [7, 11) is 0. The third-order valence-corrected chi connectivity index (χ3v) is 6.43. The molecule has 2 atom stereocenters. The number of aliphatic hydroxyl groups excluding tert-OH is 1. The Hall–Kier alpha value is -0.820. The quantitative estimate of drug-likeness (QED) is 0.583. The summed E-state index contributed by atoms with van der Waals surface area (Å²) in [6.45, 7) is 1.02. The lowest BCUT2D eigenvalue weighted by atomic mass is 9.47. The number of rotatable bonds is 1. The minimum atomic E-state index is -4.23. The van der Waals surface area contributed by atoms with E-state index in [0.29, 0.717) is 31.6 Å². The van der Waals surface area contributed by atoms with Crippen molar-refractivity contribution in [2.24, 2.45) is 23.2 Å². The smallest absolute Gasteiger partial charge is 0.335 e. The minimum Gasteiger partial charge on any atom is -0.512 e. The molecule has 5 rings (SSSR count). The van der Waals surface area contributed by atoms with Crippen molar-refractivity contribution in [3.8, 4) is 0 Å². The second-order valence-corrected chi connectivity index (χ2v) is 7.78. The van der Waals surface area contributed by atoms with Crippen LogP contribution in [-0.4, -0.2) is 36.0 Å².